The fourth-order valence-corrected chi connectivity index (χ4v) is 2.57. The first kappa shape index (κ1) is 24.8. The van der Waals surface area contributed by atoms with Crippen LogP contribution in [0.5, 0.6) is 5.75 Å². The first-order valence-corrected chi connectivity index (χ1v) is 8.96. The summed E-state index contributed by atoms with van der Waals surface area (Å²) < 4.78 is 46.9. The molecule has 6 nitrogen and oxygen atoms in total. The van der Waals surface area contributed by atoms with Gasteiger partial charge in [-0.1, -0.05) is 12.1 Å². The summed E-state index contributed by atoms with van der Waals surface area (Å²) >= 11 is 0. The van der Waals surface area contributed by atoms with Crippen LogP contribution in [0, 0.1) is 0 Å². The molecule has 0 radical (unpaired) electrons. The highest BCUT2D eigenvalue weighted by molar-refractivity contribution is 14.0. The van der Waals surface area contributed by atoms with E-state index in [4.69, 9.17) is 9.47 Å². The number of ether oxygens (including phenoxy) is 2. The Bertz CT molecular complexity index is 599. The number of nitrogens with zero attached hydrogens (tertiary/aromatic N) is 2. The minimum Gasteiger partial charge on any atom is -0.484 e. The molecule has 0 saturated carbocycles. The number of benzene rings is 1. The molecule has 1 aliphatic rings. The first-order chi connectivity index (χ1) is 12.9. The molecule has 1 heterocycles. The van der Waals surface area contributed by atoms with Gasteiger partial charge in [-0.2, -0.15) is 13.2 Å². The number of nitrogens with one attached hydrogen (secondary N) is 2. The zero-order chi connectivity index (χ0) is 19.7. The standard InChI is InChI=1S/C18H27F3N4O2.HI/c1-3-22-17(24-11-16-12-25(2)8-9-26-16)23-10-14-4-6-15(7-5-14)27-13-18(19,20)21;/h4-7,16H,3,8-13H2,1-2H3,(H2,22,23,24);1H. The number of hydrogen-bond donors (Lipinski definition) is 2. The van der Waals surface area contributed by atoms with Gasteiger partial charge in [0.2, 0.25) is 0 Å². The van der Waals surface area contributed by atoms with Crippen molar-refractivity contribution in [2.45, 2.75) is 25.7 Å². The summed E-state index contributed by atoms with van der Waals surface area (Å²) in [6, 6.07) is 6.45. The third-order valence-corrected chi connectivity index (χ3v) is 3.93. The Morgan fingerprint density at radius 2 is 2.00 bits per heavy atom. The van der Waals surface area contributed by atoms with Crippen LogP contribution < -0.4 is 15.4 Å². The van der Waals surface area contributed by atoms with E-state index in [-0.39, 0.29) is 35.8 Å². The van der Waals surface area contributed by atoms with Gasteiger partial charge >= 0.3 is 6.18 Å². The average Bonchev–Trinajstić information content (AvgIpc) is 2.62. The molecule has 1 aliphatic heterocycles. The van der Waals surface area contributed by atoms with Crippen molar-refractivity contribution < 1.29 is 22.6 Å². The van der Waals surface area contributed by atoms with Crippen LogP contribution in [0.25, 0.3) is 0 Å². The highest BCUT2D eigenvalue weighted by Gasteiger charge is 2.28. The van der Waals surface area contributed by atoms with Gasteiger partial charge in [0.15, 0.2) is 12.6 Å². The number of likely N-dealkylation sites (N-methyl/N-ethyl adjacent to an activating group) is 1. The summed E-state index contributed by atoms with van der Waals surface area (Å²) in [4.78, 5) is 6.73. The molecule has 1 saturated heterocycles. The largest absolute Gasteiger partial charge is 0.484 e. The fourth-order valence-electron chi connectivity index (χ4n) is 2.57. The lowest BCUT2D eigenvalue weighted by Gasteiger charge is -2.30. The van der Waals surface area contributed by atoms with Crippen LogP contribution in [0.2, 0.25) is 0 Å². The third kappa shape index (κ3) is 9.78. The van der Waals surface area contributed by atoms with Crippen LogP contribution >= 0.6 is 24.0 Å². The molecular weight excluding hydrogens is 488 g/mol. The molecule has 160 valence electrons. The van der Waals surface area contributed by atoms with Gasteiger partial charge in [0.25, 0.3) is 0 Å². The number of rotatable bonds is 7. The monoisotopic (exact) mass is 516 g/mol. The highest BCUT2D eigenvalue weighted by Crippen LogP contribution is 2.19. The maximum Gasteiger partial charge on any atom is 0.422 e. The van der Waals surface area contributed by atoms with Crippen LogP contribution in [-0.4, -0.2) is 69.6 Å². The summed E-state index contributed by atoms with van der Waals surface area (Å²) in [6.07, 6.45) is -4.23. The highest BCUT2D eigenvalue weighted by atomic mass is 127. The second kappa shape index (κ2) is 12.3. The van der Waals surface area contributed by atoms with Crippen molar-refractivity contribution in [1.82, 2.24) is 15.5 Å². The zero-order valence-electron chi connectivity index (χ0n) is 16.1. The van der Waals surface area contributed by atoms with E-state index in [0.29, 0.717) is 19.0 Å². The van der Waals surface area contributed by atoms with Crippen LogP contribution in [0.15, 0.2) is 29.3 Å². The third-order valence-electron chi connectivity index (χ3n) is 3.93. The normalized spacial score (nSPS) is 18.3. The number of alkyl halides is 3. The Morgan fingerprint density at radius 3 is 2.61 bits per heavy atom. The summed E-state index contributed by atoms with van der Waals surface area (Å²) in [5.41, 5.74) is 0.875. The van der Waals surface area contributed by atoms with E-state index < -0.39 is 12.8 Å². The Hall–Kier alpha value is -1.27. The molecule has 0 bridgehead atoms. The molecular formula is C18H28F3IN4O2. The lowest BCUT2D eigenvalue weighted by Crippen LogP contribution is -2.48. The predicted molar refractivity (Wildman–Crippen MR) is 113 cm³/mol. The van der Waals surface area contributed by atoms with Crippen LogP contribution in [0.3, 0.4) is 0 Å². The van der Waals surface area contributed by atoms with E-state index in [9.17, 15) is 13.2 Å². The van der Waals surface area contributed by atoms with Crippen molar-refractivity contribution in [3.05, 3.63) is 29.8 Å². The van der Waals surface area contributed by atoms with E-state index in [2.05, 4.69) is 27.6 Å². The molecule has 2 N–H and O–H groups in total. The van der Waals surface area contributed by atoms with E-state index in [1.807, 2.05) is 6.92 Å². The molecule has 0 spiro atoms. The van der Waals surface area contributed by atoms with E-state index in [1.165, 1.54) is 12.1 Å². The molecule has 28 heavy (non-hydrogen) atoms. The minimum absolute atomic E-state index is 0. The molecule has 1 aromatic rings. The number of hydrogen-bond acceptors (Lipinski definition) is 4. The first-order valence-electron chi connectivity index (χ1n) is 8.96. The van der Waals surface area contributed by atoms with Gasteiger partial charge in [-0.05, 0) is 31.7 Å². The molecule has 1 atom stereocenters. The number of morpholine rings is 1. The maximum atomic E-state index is 12.2. The number of halogens is 4. The summed E-state index contributed by atoms with van der Waals surface area (Å²) in [5, 5.41) is 6.44. The van der Waals surface area contributed by atoms with Gasteiger partial charge in [0.1, 0.15) is 5.75 Å². The maximum absolute atomic E-state index is 12.2. The van der Waals surface area contributed by atoms with Crippen molar-refractivity contribution in [2.75, 3.05) is 46.4 Å². The smallest absolute Gasteiger partial charge is 0.422 e. The van der Waals surface area contributed by atoms with Crippen molar-refractivity contribution in [1.29, 1.82) is 0 Å². The molecule has 10 heteroatoms. The Morgan fingerprint density at radius 1 is 1.29 bits per heavy atom. The van der Waals surface area contributed by atoms with Crippen molar-refractivity contribution in [3.8, 4) is 5.75 Å². The van der Waals surface area contributed by atoms with Gasteiger partial charge in [-0.3, -0.25) is 0 Å². The molecule has 1 unspecified atom stereocenters. The molecule has 1 aromatic carbocycles. The molecule has 2 rings (SSSR count). The summed E-state index contributed by atoms with van der Waals surface area (Å²) in [6.45, 7) is 4.99. The zero-order valence-corrected chi connectivity index (χ0v) is 18.4. The average molecular weight is 516 g/mol. The number of aliphatic imine (C=N–C) groups is 1. The molecule has 0 amide bonds. The Labute approximate surface area is 180 Å². The van der Waals surface area contributed by atoms with Crippen LogP contribution in [0.4, 0.5) is 13.2 Å². The number of guanidine groups is 1. The van der Waals surface area contributed by atoms with Crippen molar-refractivity contribution >= 4 is 29.9 Å². The van der Waals surface area contributed by atoms with E-state index in [1.54, 1.807) is 12.1 Å². The molecule has 0 aliphatic carbocycles. The van der Waals surface area contributed by atoms with Gasteiger partial charge in [0, 0.05) is 26.2 Å². The predicted octanol–water partition coefficient (Wildman–Crippen LogP) is 2.63. The van der Waals surface area contributed by atoms with Gasteiger partial charge in [-0.25, -0.2) is 4.99 Å². The topological polar surface area (TPSA) is 58.1 Å². The fraction of sp³-hybridized carbons (Fsp3) is 0.611. The van der Waals surface area contributed by atoms with Crippen molar-refractivity contribution in [2.24, 2.45) is 4.99 Å². The van der Waals surface area contributed by atoms with E-state index in [0.717, 1.165) is 31.8 Å². The van der Waals surface area contributed by atoms with Gasteiger partial charge < -0.3 is 25.0 Å². The van der Waals surface area contributed by atoms with Crippen LogP contribution in [-0.2, 0) is 11.3 Å². The lowest BCUT2D eigenvalue weighted by molar-refractivity contribution is -0.153. The lowest BCUT2D eigenvalue weighted by atomic mass is 10.2. The van der Waals surface area contributed by atoms with Gasteiger partial charge in [0.05, 0.1) is 19.3 Å². The van der Waals surface area contributed by atoms with Crippen LogP contribution in [0.1, 0.15) is 12.5 Å². The SMILES string of the molecule is CCNC(=NCc1ccc(OCC(F)(F)F)cc1)NCC1CN(C)CCO1.I. The summed E-state index contributed by atoms with van der Waals surface area (Å²) in [5.74, 6) is 0.857. The van der Waals surface area contributed by atoms with Crippen molar-refractivity contribution in [3.63, 3.8) is 0 Å². The quantitative estimate of drug-likeness (QED) is 0.332. The molecule has 0 aromatic heterocycles. The summed E-state index contributed by atoms with van der Waals surface area (Å²) in [7, 11) is 2.07. The van der Waals surface area contributed by atoms with Gasteiger partial charge in [-0.15, -0.1) is 24.0 Å². The Balaban J connectivity index is 0.00000392. The Kier molecular flexibility index (Phi) is 10.9. The second-order valence-corrected chi connectivity index (χ2v) is 6.38. The van der Waals surface area contributed by atoms with E-state index >= 15 is 0 Å². The minimum atomic E-state index is -4.34. The molecule has 1 fully saturated rings. The second-order valence-electron chi connectivity index (χ2n) is 6.38.